The smallest absolute Gasteiger partial charge is 0.227 e. The van der Waals surface area contributed by atoms with Crippen LogP contribution >= 0.6 is 0 Å². The molecule has 1 aliphatic rings. The molecule has 0 bridgehead atoms. The van der Waals surface area contributed by atoms with E-state index in [9.17, 15) is 9.90 Å². The molecule has 1 aliphatic heterocycles. The number of benzene rings is 1. The minimum absolute atomic E-state index is 0.0979. The van der Waals surface area contributed by atoms with E-state index in [0.717, 1.165) is 29.4 Å². The van der Waals surface area contributed by atoms with E-state index in [1.54, 1.807) is 4.90 Å². The molecule has 1 saturated heterocycles. The Hall–Kier alpha value is -1.81. The van der Waals surface area contributed by atoms with Gasteiger partial charge in [-0.25, -0.2) is 0 Å². The highest BCUT2D eigenvalue weighted by molar-refractivity contribution is 5.88. The molecule has 2 atom stereocenters. The van der Waals surface area contributed by atoms with Crippen LogP contribution in [0.5, 0.6) is 0 Å². The molecule has 0 saturated carbocycles. The molecule has 1 fully saturated rings. The van der Waals surface area contributed by atoms with E-state index in [1.165, 1.54) is 0 Å². The van der Waals surface area contributed by atoms with Gasteiger partial charge in [-0.05, 0) is 24.0 Å². The van der Waals surface area contributed by atoms with E-state index in [1.807, 2.05) is 37.4 Å². The number of piperidine rings is 1. The van der Waals surface area contributed by atoms with Gasteiger partial charge in [0.15, 0.2) is 0 Å². The lowest BCUT2D eigenvalue weighted by molar-refractivity contribution is -0.134. The van der Waals surface area contributed by atoms with Crippen molar-refractivity contribution in [2.24, 2.45) is 5.92 Å². The lowest BCUT2D eigenvalue weighted by Crippen LogP contribution is -2.46. The first-order valence-electron chi connectivity index (χ1n) is 7.16. The predicted octanol–water partition coefficient (Wildman–Crippen LogP) is 1.94. The van der Waals surface area contributed by atoms with Crippen molar-refractivity contribution in [3.63, 3.8) is 0 Å². The van der Waals surface area contributed by atoms with Gasteiger partial charge in [-0.2, -0.15) is 0 Å². The number of aromatic amines is 1. The normalized spacial score (nSPS) is 23.2. The van der Waals surface area contributed by atoms with Gasteiger partial charge < -0.3 is 15.0 Å². The van der Waals surface area contributed by atoms with Crippen LogP contribution in [0.4, 0.5) is 0 Å². The van der Waals surface area contributed by atoms with Gasteiger partial charge in [0.05, 0.1) is 12.5 Å². The van der Waals surface area contributed by atoms with E-state index < -0.39 is 6.10 Å². The molecule has 0 spiro atoms. The lowest BCUT2D eigenvalue weighted by atomic mass is 9.95. The average Bonchev–Trinajstić information content (AvgIpc) is 2.85. The maximum Gasteiger partial charge on any atom is 0.227 e. The van der Waals surface area contributed by atoms with Crippen molar-refractivity contribution in [1.82, 2.24) is 9.88 Å². The lowest BCUT2D eigenvalue weighted by Gasteiger charge is -2.34. The third-order valence-corrected chi connectivity index (χ3v) is 4.29. The molecule has 4 nitrogen and oxygen atoms in total. The molecule has 4 heteroatoms. The van der Waals surface area contributed by atoms with Crippen LogP contribution in [0.3, 0.4) is 0 Å². The maximum absolute atomic E-state index is 12.4. The fourth-order valence-electron chi connectivity index (χ4n) is 2.83. The molecule has 1 aromatic carbocycles. The Bertz CT molecular complexity index is 620. The van der Waals surface area contributed by atoms with Crippen LogP contribution in [-0.4, -0.2) is 40.1 Å². The summed E-state index contributed by atoms with van der Waals surface area (Å²) in [6.45, 7) is 3.24. The zero-order chi connectivity index (χ0) is 14.1. The molecule has 2 unspecified atom stereocenters. The highest BCUT2D eigenvalue weighted by atomic mass is 16.3. The molecule has 2 heterocycles. The van der Waals surface area contributed by atoms with Crippen LogP contribution in [0, 0.1) is 5.92 Å². The topological polar surface area (TPSA) is 56.3 Å². The average molecular weight is 272 g/mol. The summed E-state index contributed by atoms with van der Waals surface area (Å²) in [4.78, 5) is 17.3. The van der Waals surface area contributed by atoms with Crippen LogP contribution in [-0.2, 0) is 11.2 Å². The summed E-state index contributed by atoms with van der Waals surface area (Å²) >= 11 is 0. The number of hydrogen-bond donors (Lipinski definition) is 2. The highest BCUT2D eigenvalue weighted by Crippen LogP contribution is 2.21. The molecule has 0 radical (unpaired) electrons. The summed E-state index contributed by atoms with van der Waals surface area (Å²) in [5.74, 6) is 0.382. The fraction of sp³-hybridized carbons (Fsp3) is 0.438. The Morgan fingerprint density at radius 1 is 1.45 bits per heavy atom. The van der Waals surface area contributed by atoms with E-state index in [4.69, 9.17) is 0 Å². The third-order valence-electron chi connectivity index (χ3n) is 4.29. The van der Waals surface area contributed by atoms with Gasteiger partial charge in [-0.1, -0.05) is 25.1 Å². The second kappa shape index (κ2) is 5.29. The fourth-order valence-corrected chi connectivity index (χ4v) is 2.83. The number of carbonyl (C=O) groups excluding carboxylic acids is 1. The van der Waals surface area contributed by atoms with E-state index in [-0.39, 0.29) is 11.8 Å². The molecule has 106 valence electrons. The minimum Gasteiger partial charge on any atom is -0.391 e. The second-order valence-corrected chi connectivity index (χ2v) is 5.71. The summed E-state index contributed by atoms with van der Waals surface area (Å²) in [6.07, 6.45) is 2.79. The van der Waals surface area contributed by atoms with Gasteiger partial charge in [0, 0.05) is 30.2 Å². The van der Waals surface area contributed by atoms with Crippen molar-refractivity contribution >= 4 is 16.8 Å². The molecule has 2 N–H and O–H groups in total. The maximum atomic E-state index is 12.4. The van der Waals surface area contributed by atoms with Gasteiger partial charge in [0.2, 0.25) is 5.91 Å². The Kier molecular flexibility index (Phi) is 3.49. The van der Waals surface area contributed by atoms with Crippen LogP contribution < -0.4 is 0 Å². The first-order valence-corrected chi connectivity index (χ1v) is 7.16. The number of hydrogen-bond acceptors (Lipinski definition) is 2. The molecule has 0 aliphatic carbocycles. The van der Waals surface area contributed by atoms with Crippen molar-refractivity contribution in [3.8, 4) is 0 Å². The Balaban J connectivity index is 1.73. The molecule has 1 amide bonds. The number of amides is 1. The zero-order valence-corrected chi connectivity index (χ0v) is 11.7. The first kappa shape index (κ1) is 13.2. The molecule has 20 heavy (non-hydrogen) atoms. The van der Waals surface area contributed by atoms with Gasteiger partial charge in [0.25, 0.3) is 0 Å². The van der Waals surface area contributed by atoms with Crippen molar-refractivity contribution in [1.29, 1.82) is 0 Å². The number of β-amino-alcohol motifs (C(OH)–C–C–N with tert-alkyl or cyclic N) is 1. The predicted molar refractivity (Wildman–Crippen MR) is 78.4 cm³/mol. The standard InChI is InChI=1S/C16H20N2O2/c1-11-6-7-18(10-15(11)19)16(20)8-12-9-17-14-5-3-2-4-13(12)14/h2-5,9,11,15,17,19H,6-8,10H2,1H3. The van der Waals surface area contributed by atoms with Crippen molar-refractivity contribution < 1.29 is 9.90 Å². The number of likely N-dealkylation sites (tertiary alicyclic amines) is 1. The van der Waals surface area contributed by atoms with Crippen LogP contribution in [0.25, 0.3) is 10.9 Å². The largest absolute Gasteiger partial charge is 0.391 e. The zero-order valence-electron chi connectivity index (χ0n) is 11.7. The summed E-state index contributed by atoms with van der Waals surface area (Å²) in [7, 11) is 0. The van der Waals surface area contributed by atoms with E-state index in [0.29, 0.717) is 13.0 Å². The highest BCUT2D eigenvalue weighted by Gasteiger charge is 2.27. The Labute approximate surface area is 118 Å². The molecular formula is C16H20N2O2. The summed E-state index contributed by atoms with van der Waals surface area (Å²) in [5.41, 5.74) is 2.08. The number of nitrogens with zero attached hydrogens (tertiary/aromatic N) is 1. The quantitative estimate of drug-likeness (QED) is 0.878. The van der Waals surface area contributed by atoms with Crippen molar-refractivity contribution in [2.75, 3.05) is 13.1 Å². The molecular weight excluding hydrogens is 252 g/mol. The monoisotopic (exact) mass is 272 g/mol. The number of aliphatic hydroxyl groups excluding tert-OH is 1. The van der Waals surface area contributed by atoms with Gasteiger partial charge in [-0.3, -0.25) is 4.79 Å². The number of nitrogens with one attached hydrogen (secondary N) is 1. The molecule has 2 aromatic rings. The number of aliphatic hydroxyl groups is 1. The first-order chi connectivity index (χ1) is 9.65. The summed E-state index contributed by atoms with van der Waals surface area (Å²) in [5, 5.41) is 11.0. The van der Waals surface area contributed by atoms with E-state index >= 15 is 0 Å². The number of H-pyrrole nitrogens is 1. The van der Waals surface area contributed by atoms with Crippen molar-refractivity contribution in [2.45, 2.75) is 25.9 Å². The Morgan fingerprint density at radius 2 is 2.25 bits per heavy atom. The summed E-state index contributed by atoms with van der Waals surface area (Å²) in [6, 6.07) is 8.00. The number of aromatic nitrogens is 1. The van der Waals surface area contributed by atoms with Gasteiger partial charge in [-0.15, -0.1) is 0 Å². The SMILES string of the molecule is CC1CCN(C(=O)Cc2c[nH]c3ccccc23)CC1O. The third kappa shape index (κ3) is 2.43. The van der Waals surface area contributed by atoms with Crippen molar-refractivity contribution in [3.05, 3.63) is 36.0 Å². The van der Waals surface area contributed by atoms with E-state index in [2.05, 4.69) is 4.98 Å². The van der Waals surface area contributed by atoms with Crippen LogP contribution in [0.2, 0.25) is 0 Å². The second-order valence-electron chi connectivity index (χ2n) is 5.71. The van der Waals surface area contributed by atoms with Gasteiger partial charge in [0.1, 0.15) is 0 Å². The summed E-state index contributed by atoms with van der Waals surface area (Å²) < 4.78 is 0. The Morgan fingerprint density at radius 3 is 3.05 bits per heavy atom. The minimum atomic E-state index is -0.393. The van der Waals surface area contributed by atoms with Gasteiger partial charge >= 0.3 is 0 Å². The number of fused-ring (bicyclic) bond motifs is 1. The van der Waals surface area contributed by atoms with Crippen LogP contribution in [0.15, 0.2) is 30.5 Å². The number of carbonyl (C=O) groups is 1. The molecule has 3 rings (SSSR count). The van der Waals surface area contributed by atoms with Crippen LogP contribution in [0.1, 0.15) is 18.9 Å². The number of para-hydroxylation sites is 1. The molecule has 1 aromatic heterocycles. The number of rotatable bonds is 2.